The molecular weight excluding hydrogens is 697 g/mol. The lowest BCUT2D eigenvalue weighted by Crippen LogP contribution is -2.16. The zero-order valence-electron chi connectivity index (χ0n) is 31.3. The molecule has 8 aromatic carbocycles. The lowest BCUT2D eigenvalue weighted by molar-refractivity contribution is 0.660. The fourth-order valence-electron chi connectivity index (χ4n) is 9.04. The van der Waals surface area contributed by atoms with Crippen molar-refractivity contribution in [3.63, 3.8) is 0 Å². The minimum absolute atomic E-state index is 0.102. The van der Waals surface area contributed by atoms with Gasteiger partial charge in [-0.05, 0) is 105 Å². The minimum Gasteiger partial charge on any atom is -0.310 e. The second kappa shape index (κ2) is 12.7. The summed E-state index contributed by atoms with van der Waals surface area (Å²) < 4.78 is 3.77. The van der Waals surface area contributed by atoms with Crippen molar-refractivity contribution in [1.82, 2.24) is 4.57 Å². The first kappa shape index (κ1) is 32.7. The van der Waals surface area contributed by atoms with Crippen LogP contribution in [0.2, 0.25) is 0 Å². The van der Waals surface area contributed by atoms with Gasteiger partial charge in [0, 0.05) is 49.0 Å². The Morgan fingerprint density at radius 2 is 1.07 bits per heavy atom. The molecule has 2 nitrogen and oxygen atoms in total. The molecule has 0 fully saturated rings. The number of benzene rings is 8. The lowest BCUT2D eigenvalue weighted by atomic mass is 9.82. The van der Waals surface area contributed by atoms with Crippen LogP contribution in [-0.4, -0.2) is 4.57 Å². The summed E-state index contributed by atoms with van der Waals surface area (Å²) >= 11 is 1.87. The quantitative estimate of drug-likeness (QED) is 0.165. The SMILES string of the molecule is CC1(C)c2ccccc2-c2ccc(N(c3ccc(-c4ccccc4)cc3)c3cccc(-c4ccc5c6c7ccccc7sc6n(-c6ccccc6)c5c4)c3)cc21. The number of aromatic nitrogens is 1. The third-order valence-corrected chi connectivity index (χ3v) is 13.0. The van der Waals surface area contributed by atoms with Crippen molar-refractivity contribution >= 4 is 59.6 Å². The van der Waals surface area contributed by atoms with Crippen molar-refractivity contribution in [2.75, 3.05) is 4.90 Å². The molecule has 0 saturated carbocycles. The normalized spacial score (nSPS) is 13.0. The second-order valence-corrected chi connectivity index (χ2v) is 16.4. The van der Waals surface area contributed by atoms with Crippen LogP contribution >= 0.6 is 11.3 Å². The number of thiophene rings is 1. The van der Waals surface area contributed by atoms with Gasteiger partial charge in [-0.1, -0.05) is 147 Å². The highest BCUT2D eigenvalue weighted by Crippen LogP contribution is 2.51. The number of anilines is 3. The molecule has 0 saturated heterocycles. The topological polar surface area (TPSA) is 8.17 Å². The Morgan fingerprint density at radius 3 is 1.91 bits per heavy atom. The van der Waals surface area contributed by atoms with Crippen LogP contribution in [0.15, 0.2) is 194 Å². The van der Waals surface area contributed by atoms with Gasteiger partial charge in [0.15, 0.2) is 0 Å². The van der Waals surface area contributed by atoms with Crippen LogP contribution in [0, 0.1) is 0 Å². The molecule has 10 aromatic rings. The van der Waals surface area contributed by atoms with Crippen molar-refractivity contribution in [2.45, 2.75) is 19.3 Å². The van der Waals surface area contributed by atoms with Gasteiger partial charge in [0.1, 0.15) is 4.83 Å². The third-order valence-electron chi connectivity index (χ3n) is 11.8. The average molecular weight is 735 g/mol. The molecule has 0 radical (unpaired) electrons. The second-order valence-electron chi connectivity index (χ2n) is 15.4. The number of fused-ring (bicyclic) bond motifs is 8. The molecule has 266 valence electrons. The van der Waals surface area contributed by atoms with E-state index in [1.54, 1.807) is 0 Å². The third kappa shape index (κ3) is 5.08. The molecule has 2 heterocycles. The van der Waals surface area contributed by atoms with Crippen LogP contribution in [0.25, 0.3) is 70.3 Å². The van der Waals surface area contributed by atoms with Crippen LogP contribution < -0.4 is 4.90 Å². The maximum Gasteiger partial charge on any atom is 0.109 e. The van der Waals surface area contributed by atoms with E-state index < -0.39 is 0 Å². The first-order valence-electron chi connectivity index (χ1n) is 19.3. The van der Waals surface area contributed by atoms with Gasteiger partial charge in [-0.2, -0.15) is 0 Å². The van der Waals surface area contributed by atoms with E-state index in [4.69, 9.17) is 0 Å². The summed E-state index contributed by atoms with van der Waals surface area (Å²) in [5, 5.41) is 3.93. The van der Waals surface area contributed by atoms with Gasteiger partial charge < -0.3 is 9.47 Å². The Labute approximate surface area is 331 Å². The largest absolute Gasteiger partial charge is 0.310 e. The monoisotopic (exact) mass is 734 g/mol. The molecule has 0 amide bonds. The smallest absolute Gasteiger partial charge is 0.109 e. The molecule has 3 heteroatoms. The molecule has 0 N–H and O–H groups in total. The Kier molecular flexibility index (Phi) is 7.42. The Balaban J connectivity index is 1.07. The number of para-hydroxylation sites is 1. The van der Waals surface area contributed by atoms with E-state index in [-0.39, 0.29) is 5.41 Å². The van der Waals surface area contributed by atoms with Crippen molar-refractivity contribution in [3.05, 3.63) is 205 Å². The van der Waals surface area contributed by atoms with Crippen LogP contribution in [0.5, 0.6) is 0 Å². The van der Waals surface area contributed by atoms with Gasteiger partial charge in [0.2, 0.25) is 0 Å². The molecule has 1 aliphatic rings. The number of rotatable bonds is 6. The summed E-state index contributed by atoms with van der Waals surface area (Å²) in [6.45, 7) is 4.71. The Hall–Kier alpha value is -6.68. The van der Waals surface area contributed by atoms with Crippen molar-refractivity contribution in [3.8, 4) is 39.1 Å². The predicted octanol–water partition coefficient (Wildman–Crippen LogP) is 15.1. The summed E-state index contributed by atoms with van der Waals surface area (Å²) in [4.78, 5) is 3.70. The zero-order valence-corrected chi connectivity index (χ0v) is 32.1. The van der Waals surface area contributed by atoms with E-state index in [0.717, 1.165) is 17.1 Å². The van der Waals surface area contributed by atoms with E-state index >= 15 is 0 Å². The van der Waals surface area contributed by atoms with E-state index in [0.29, 0.717) is 0 Å². The van der Waals surface area contributed by atoms with Gasteiger partial charge in [0.25, 0.3) is 0 Å². The molecule has 0 aliphatic heterocycles. The molecule has 56 heavy (non-hydrogen) atoms. The molecule has 2 aromatic heterocycles. The summed E-state index contributed by atoms with van der Waals surface area (Å²) in [6.07, 6.45) is 0. The van der Waals surface area contributed by atoms with Crippen LogP contribution in [-0.2, 0) is 5.41 Å². The van der Waals surface area contributed by atoms with Crippen LogP contribution in [0.1, 0.15) is 25.0 Å². The minimum atomic E-state index is -0.102. The number of nitrogens with zero attached hydrogens (tertiary/aromatic N) is 2. The molecule has 0 atom stereocenters. The first-order valence-corrected chi connectivity index (χ1v) is 20.2. The summed E-state index contributed by atoms with van der Waals surface area (Å²) in [5.74, 6) is 0. The van der Waals surface area contributed by atoms with Crippen molar-refractivity contribution in [2.24, 2.45) is 0 Å². The predicted molar refractivity (Wildman–Crippen MR) is 239 cm³/mol. The Bertz CT molecular complexity index is 3100. The first-order chi connectivity index (χ1) is 27.5. The average Bonchev–Trinajstić information content (AvgIpc) is 3.86. The van der Waals surface area contributed by atoms with Crippen LogP contribution in [0.3, 0.4) is 0 Å². The number of hydrogen-bond acceptors (Lipinski definition) is 2. The van der Waals surface area contributed by atoms with Crippen molar-refractivity contribution in [1.29, 1.82) is 0 Å². The Morgan fingerprint density at radius 1 is 0.446 bits per heavy atom. The zero-order chi connectivity index (χ0) is 37.4. The van der Waals surface area contributed by atoms with Gasteiger partial charge in [-0.3, -0.25) is 0 Å². The molecule has 0 bridgehead atoms. The molecule has 0 spiro atoms. The van der Waals surface area contributed by atoms with E-state index in [1.807, 2.05) is 11.3 Å². The van der Waals surface area contributed by atoms with E-state index in [1.165, 1.54) is 81.4 Å². The standard InChI is InChI=1S/C53H38N2S/c1-53(2)47-22-11-9-20-43(47)44-31-29-42(34-48(44)53)54(40-27-24-36(25-28-40)35-14-5-3-6-15-35)41-19-13-16-37(32-41)38-26-30-45-49(33-38)55(39-17-7-4-8-18-39)52-51(45)46-21-10-12-23-50(46)56-52/h3-34H,1-2H3. The van der Waals surface area contributed by atoms with Gasteiger partial charge in [0.05, 0.1) is 5.52 Å². The molecular formula is C53H38N2S. The van der Waals surface area contributed by atoms with Gasteiger partial charge >= 0.3 is 0 Å². The van der Waals surface area contributed by atoms with Crippen LogP contribution in [0.4, 0.5) is 17.1 Å². The summed E-state index contributed by atoms with van der Waals surface area (Å²) in [5.41, 5.74) is 15.9. The fraction of sp³-hybridized carbons (Fsp3) is 0.0566. The van der Waals surface area contributed by atoms with Crippen molar-refractivity contribution < 1.29 is 0 Å². The fourth-order valence-corrected chi connectivity index (χ4v) is 10.3. The van der Waals surface area contributed by atoms with Gasteiger partial charge in [-0.25, -0.2) is 0 Å². The summed E-state index contributed by atoms with van der Waals surface area (Å²) in [6, 6.07) is 71.2. The molecule has 0 unspecified atom stereocenters. The molecule has 1 aliphatic carbocycles. The maximum atomic E-state index is 2.45. The highest BCUT2D eigenvalue weighted by molar-refractivity contribution is 7.25. The maximum absolute atomic E-state index is 2.45. The summed E-state index contributed by atoms with van der Waals surface area (Å²) in [7, 11) is 0. The molecule has 11 rings (SSSR count). The van der Waals surface area contributed by atoms with E-state index in [2.05, 4.69) is 217 Å². The lowest BCUT2D eigenvalue weighted by Gasteiger charge is -2.28. The highest BCUT2D eigenvalue weighted by atomic mass is 32.1. The highest BCUT2D eigenvalue weighted by Gasteiger charge is 2.35. The van der Waals surface area contributed by atoms with Gasteiger partial charge in [-0.15, -0.1) is 11.3 Å². The number of hydrogen-bond donors (Lipinski definition) is 0. The van der Waals surface area contributed by atoms with E-state index in [9.17, 15) is 0 Å².